The summed E-state index contributed by atoms with van der Waals surface area (Å²) in [6.45, 7) is 5.07. The molecule has 2 aliphatic rings. The molecule has 2 heterocycles. The molecule has 1 aromatic rings. The minimum absolute atomic E-state index is 0.432. The van der Waals surface area contributed by atoms with E-state index in [1.165, 1.54) is 0 Å². The van der Waals surface area contributed by atoms with Crippen molar-refractivity contribution >= 4 is 11.7 Å². The van der Waals surface area contributed by atoms with E-state index in [4.69, 9.17) is 14.7 Å². The average Bonchev–Trinajstić information content (AvgIpc) is 3.14. The zero-order chi connectivity index (χ0) is 19.2. The first-order valence-electron chi connectivity index (χ1n) is 8.43. The summed E-state index contributed by atoms with van der Waals surface area (Å²) in [6.07, 6.45) is -6.98. The first-order chi connectivity index (χ1) is 12.3. The van der Waals surface area contributed by atoms with Gasteiger partial charge in [0.2, 0.25) is 0 Å². The highest BCUT2D eigenvalue weighted by atomic mass is 16.7. The van der Waals surface area contributed by atoms with Gasteiger partial charge in [0.1, 0.15) is 29.9 Å². The van der Waals surface area contributed by atoms with Crippen molar-refractivity contribution in [3.8, 4) is 0 Å². The normalized spacial score (nSPS) is 28.0. The molecule has 26 heavy (non-hydrogen) atoms. The second kappa shape index (κ2) is 6.96. The zero-order valence-electron chi connectivity index (χ0n) is 14.8. The highest BCUT2D eigenvalue weighted by Crippen LogP contribution is 2.37. The van der Waals surface area contributed by atoms with Gasteiger partial charge in [-0.2, -0.15) is 0 Å². The molecule has 3 rings (SSSR count). The van der Waals surface area contributed by atoms with Crippen molar-refractivity contribution < 1.29 is 34.8 Å². The molecule has 1 fully saturated rings. The van der Waals surface area contributed by atoms with Crippen LogP contribution in [-0.2, 0) is 14.4 Å². The monoisotopic (exact) mass is 365 g/mol. The minimum Gasteiger partial charge on any atom is -0.455 e. The van der Waals surface area contributed by atoms with E-state index < -0.39 is 49.0 Å². The van der Waals surface area contributed by atoms with Crippen LogP contribution in [0.15, 0.2) is 17.3 Å². The second-order valence-electron chi connectivity index (χ2n) is 6.93. The molecule has 0 unspecified atom stereocenters. The number of hydrogen-bond donors (Lipinski definition) is 4. The Hall–Kier alpha value is -2.00. The lowest BCUT2D eigenvalue weighted by molar-refractivity contribution is -0.161. The van der Waals surface area contributed by atoms with Gasteiger partial charge in [-0.25, -0.2) is 0 Å². The van der Waals surface area contributed by atoms with Crippen LogP contribution in [-0.4, -0.2) is 69.2 Å². The van der Waals surface area contributed by atoms with E-state index >= 15 is 0 Å². The molecule has 8 heteroatoms. The van der Waals surface area contributed by atoms with Crippen LogP contribution in [0.5, 0.6) is 0 Å². The van der Waals surface area contributed by atoms with E-state index in [9.17, 15) is 20.1 Å². The second-order valence-corrected chi connectivity index (χ2v) is 6.93. The number of ether oxygens (including phenoxy) is 1. The van der Waals surface area contributed by atoms with Crippen LogP contribution in [0.1, 0.15) is 22.3 Å². The van der Waals surface area contributed by atoms with E-state index in [0.29, 0.717) is 5.71 Å². The Bertz CT molecular complexity index is 724. The van der Waals surface area contributed by atoms with Crippen LogP contribution >= 0.6 is 0 Å². The van der Waals surface area contributed by atoms with E-state index in [1.807, 2.05) is 32.9 Å². The number of benzene rings is 1. The Morgan fingerprint density at radius 1 is 1.15 bits per heavy atom. The number of esters is 1. The fraction of sp³-hybridized carbons (Fsp3) is 0.556. The average molecular weight is 365 g/mol. The van der Waals surface area contributed by atoms with E-state index in [-0.39, 0.29) is 0 Å². The SMILES string of the molecule is Cc1cc(C)c(C2=NO[C@H]3[C@@H]2C(=O)O[C@@H]3[C@@H](O)[C@@H](O)[C@H](O)CO)c(C)c1. The van der Waals surface area contributed by atoms with Crippen LogP contribution < -0.4 is 0 Å². The van der Waals surface area contributed by atoms with Gasteiger partial charge in [0.05, 0.1) is 6.61 Å². The minimum atomic E-state index is -1.69. The molecule has 142 valence electrons. The Kier molecular flexibility index (Phi) is 5.03. The van der Waals surface area contributed by atoms with Crippen LogP contribution in [0.2, 0.25) is 0 Å². The van der Waals surface area contributed by atoms with Crippen molar-refractivity contribution in [1.82, 2.24) is 0 Å². The summed E-state index contributed by atoms with van der Waals surface area (Å²) in [5.41, 5.74) is 4.20. The molecular weight excluding hydrogens is 342 g/mol. The summed E-state index contributed by atoms with van der Waals surface area (Å²) in [6, 6.07) is 3.96. The lowest BCUT2D eigenvalue weighted by Gasteiger charge is -2.27. The number of carbonyl (C=O) groups excluding carboxylic acids is 1. The molecular formula is C18H23NO7. The standard InChI is InChI=1S/C18H23NO7/c1-7-4-8(2)11(9(3)5-7)13-12-16(26-19-13)17(25-18(12)24)15(23)14(22)10(21)6-20/h4-5,10,12,14-17,20-23H,6H2,1-3H3/t10-,12-,14+,15+,16+,17-/m1/s1. The molecule has 6 atom stereocenters. The van der Waals surface area contributed by atoms with Gasteiger partial charge in [-0.15, -0.1) is 0 Å². The first kappa shape index (κ1) is 18.8. The van der Waals surface area contributed by atoms with Crippen molar-refractivity contribution in [2.24, 2.45) is 11.1 Å². The van der Waals surface area contributed by atoms with Gasteiger partial charge in [-0.1, -0.05) is 22.9 Å². The van der Waals surface area contributed by atoms with Crippen molar-refractivity contribution in [2.45, 2.75) is 51.3 Å². The van der Waals surface area contributed by atoms with Gasteiger partial charge in [-0.05, 0) is 31.9 Å². The Balaban J connectivity index is 1.88. The van der Waals surface area contributed by atoms with Gasteiger partial charge in [0.15, 0.2) is 12.2 Å². The Morgan fingerprint density at radius 3 is 2.35 bits per heavy atom. The van der Waals surface area contributed by atoms with Crippen LogP contribution in [0.25, 0.3) is 0 Å². The molecule has 0 aliphatic carbocycles. The lowest BCUT2D eigenvalue weighted by Crippen LogP contribution is -2.49. The van der Waals surface area contributed by atoms with E-state index in [2.05, 4.69) is 5.16 Å². The lowest BCUT2D eigenvalue weighted by atomic mass is 9.85. The summed E-state index contributed by atoms with van der Waals surface area (Å²) < 4.78 is 5.21. The van der Waals surface area contributed by atoms with Gasteiger partial charge in [-0.3, -0.25) is 4.79 Å². The Morgan fingerprint density at radius 2 is 1.77 bits per heavy atom. The number of aryl methyl sites for hydroxylation is 3. The van der Waals surface area contributed by atoms with Crippen molar-refractivity contribution in [1.29, 1.82) is 0 Å². The summed E-state index contributed by atoms with van der Waals surface area (Å²) in [5, 5.41) is 42.7. The zero-order valence-corrected chi connectivity index (χ0v) is 14.8. The maximum Gasteiger partial charge on any atom is 0.319 e. The third-order valence-electron chi connectivity index (χ3n) is 4.93. The molecule has 0 bridgehead atoms. The summed E-state index contributed by atoms with van der Waals surface area (Å²) in [7, 11) is 0. The van der Waals surface area contributed by atoms with Crippen LogP contribution in [0.3, 0.4) is 0 Å². The maximum atomic E-state index is 12.4. The quantitative estimate of drug-likeness (QED) is 0.510. The summed E-state index contributed by atoms with van der Waals surface area (Å²) >= 11 is 0. The van der Waals surface area contributed by atoms with E-state index in [1.54, 1.807) is 0 Å². The largest absolute Gasteiger partial charge is 0.455 e. The van der Waals surface area contributed by atoms with Gasteiger partial charge in [0.25, 0.3) is 0 Å². The van der Waals surface area contributed by atoms with Crippen LogP contribution in [0, 0.1) is 26.7 Å². The number of carbonyl (C=O) groups is 1. The predicted octanol–water partition coefficient (Wildman–Crippen LogP) is -0.669. The van der Waals surface area contributed by atoms with Gasteiger partial charge in [0, 0.05) is 5.56 Å². The molecule has 2 aliphatic heterocycles. The third kappa shape index (κ3) is 2.99. The summed E-state index contributed by atoms with van der Waals surface area (Å²) in [5.74, 6) is -1.44. The first-order valence-corrected chi connectivity index (χ1v) is 8.43. The number of cyclic esters (lactones) is 1. The number of nitrogens with zero attached hydrogens (tertiary/aromatic N) is 1. The molecule has 0 amide bonds. The number of aliphatic hydroxyl groups is 4. The number of fused-ring (bicyclic) bond motifs is 1. The molecule has 0 radical (unpaired) electrons. The predicted molar refractivity (Wildman–Crippen MR) is 90.5 cm³/mol. The molecule has 0 spiro atoms. The third-order valence-corrected chi connectivity index (χ3v) is 4.93. The molecule has 1 aromatic carbocycles. The molecule has 8 nitrogen and oxygen atoms in total. The maximum absolute atomic E-state index is 12.4. The fourth-order valence-corrected chi connectivity index (χ4v) is 3.74. The molecule has 4 N–H and O–H groups in total. The van der Waals surface area contributed by atoms with Crippen molar-refractivity contribution in [3.63, 3.8) is 0 Å². The molecule has 1 saturated heterocycles. The number of aliphatic hydroxyl groups excluding tert-OH is 4. The number of oxime groups is 1. The van der Waals surface area contributed by atoms with Crippen molar-refractivity contribution in [3.05, 3.63) is 34.4 Å². The fourth-order valence-electron chi connectivity index (χ4n) is 3.74. The van der Waals surface area contributed by atoms with Gasteiger partial charge < -0.3 is 30.0 Å². The number of hydrogen-bond acceptors (Lipinski definition) is 8. The number of rotatable bonds is 5. The topological polar surface area (TPSA) is 129 Å². The highest BCUT2D eigenvalue weighted by Gasteiger charge is 2.57. The van der Waals surface area contributed by atoms with E-state index in [0.717, 1.165) is 22.3 Å². The highest BCUT2D eigenvalue weighted by molar-refractivity contribution is 6.15. The Labute approximate surface area is 150 Å². The van der Waals surface area contributed by atoms with Crippen LogP contribution in [0.4, 0.5) is 0 Å². The smallest absolute Gasteiger partial charge is 0.319 e. The van der Waals surface area contributed by atoms with Crippen molar-refractivity contribution in [2.75, 3.05) is 6.61 Å². The summed E-state index contributed by atoms with van der Waals surface area (Å²) in [4.78, 5) is 17.8. The molecule has 0 saturated carbocycles. The van der Waals surface area contributed by atoms with Gasteiger partial charge >= 0.3 is 5.97 Å². The molecule has 0 aromatic heterocycles.